The van der Waals surface area contributed by atoms with E-state index in [1.54, 1.807) is 31.2 Å². The second-order valence-corrected chi connectivity index (χ2v) is 8.77. The Kier molecular flexibility index (Phi) is 5.63. The number of rotatable bonds is 6. The minimum atomic E-state index is -3.75. The number of nitriles is 1. The number of fused-ring (bicyclic) bond motifs is 1. The number of aromatic nitrogens is 2. The molecule has 0 saturated heterocycles. The summed E-state index contributed by atoms with van der Waals surface area (Å²) in [5, 5.41) is 13.4. The van der Waals surface area contributed by atoms with Gasteiger partial charge in [0, 0.05) is 17.8 Å². The fourth-order valence-electron chi connectivity index (χ4n) is 4.20. The number of benzene rings is 1. The van der Waals surface area contributed by atoms with E-state index in [1.165, 1.54) is 30.6 Å². The van der Waals surface area contributed by atoms with Gasteiger partial charge in [-0.15, -0.1) is 8.78 Å². The molecule has 2 aliphatic rings. The van der Waals surface area contributed by atoms with Gasteiger partial charge in [-0.25, -0.2) is 4.98 Å². The van der Waals surface area contributed by atoms with Crippen LogP contribution >= 0.6 is 0 Å². The van der Waals surface area contributed by atoms with Crippen LogP contribution in [0.5, 0.6) is 11.5 Å². The van der Waals surface area contributed by atoms with E-state index in [0.717, 1.165) is 10.1 Å². The van der Waals surface area contributed by atoms with Crippen LogP contribution in [-0.2, 0) is 21.5 Å². The molecule has 1 aliphatic heterocycles. The number of nitrogens with zero attached hydrogens (tertiary/aromatic N) is 3. The third-order valence-electron chi connectivity index (χ3n) is 6.24. The van der Waals surface area contributed by atoms with Crippen LogP contribution in [0.2, 0.25) is 0 Å². The lowest BCUT2D eigenvalue weighted by Crippen LogP contribution is -2.29. The molecule has 2 aromatic heterocycles. The van der Waals surface area contributed by atoms with Crippen LogP contribution in [0.4, 0.5) is 14.6 Å². The van der Waals surface area contributed by atoms with Crippen molar-refractivity contribution in [2.45, 2.75) is 38.0 Å². The SMILES string of the molecule is Cc1ccc(NC(=O)C2(c3ccc4c(c3)OC(F)(F)O4)CC2)nc1-c1ccc(=O)n(CC(=O)NC#N)c1. The van der Waals surface area contributed by atoms with Gasteiger partial charge in [0.1, 0.15) is 12.4 Å². The number of ether oxygens (including phenoxy) is 2. The van der Waals surface area contributed by atoms with Crippen LogP contribution in [0.1, 0.15) is 24.0 Å². The lowest BCUT2D eigenvalue weighted by Gasteiger charge is -2.17. The summed E-state index contributed by atoms with van der Waals surface area (Å²) in [5.41, 5.74) is 0.932. The third-order valence-corrected chi connectivity index (χ3v) is 6.24. The Balaban J connectivity index is 1.39. The molecule has 1 aromatic carbocycles. The van der Waals surface area contributed by atoms with E-state index >= 15 is 0 Å². The Bertz CT molecular complexity index is 1540. The number of anilines is 1. The number of amides is 2. The van der Waals surface area contributed by atoms with Crippen LogP contribution in [0, 0.1) is 18.4 Å². The zero-order chi connectivity index (χ0) is 26.4. The Labute approximate surface area is 208 Å². The van der Waals surface area contributed by atoms with Crippen LogP contribution in [-0.4, -0.2) is 27.7 Å². The Hall–Kier alpha value is -4.79. The number of hydrogen-bond donors (Lipinski definition) is 2. The summed E-state index contributed by atoms with van der Waals surface area (Å²) in [6.07, 6.45) is 0.257. The zero-order valence-electron chi connectivity index (χ0n) is 19.4. The highest BCUT2D eigenvalue weighted by molar-refractivity contribution is 6.01. The highest BCUT2D eigenvalue weighted by Crippen LogP contribution is 2.52. The molecule has 1 aliphatic carbocycles. The van der Waals surface area contributed by atoms with Crippen molar-refractivity contribution in [3.8, 4) is 28.9 Å². The number of pyridine rings is 2. The van der Waals surface area contributed by atoms with Crippen molar-refractivity contribution in [1.82, 2.24) is 14.9 Å². The number of carbonyl (C=O) groups excluding carboxylic acids is 2. The minimum Gasteiger partial charge on any atom is -0.395 e. The smallest absolute Gasteiger partial charge is 0.395 e. The van der Waals surface area contributed by atoms with Crippen molar-refractivity contribution in [3.05, 3.63) is 70.1 Å². The number of aryl methyl sites for hydroxylation is 1. The lowest BCUT2D eigenvalue weighted by molar-refractivity contribution is -0.286. The molecule has 37 heavy (non-hydrogen) atoms. The normalized spacial score (nSPS) is 15.9. The molecule has 0 spiro atoms. The predicted molar refractivity (Wildman–Crippen MR) is 125 cm³/mol. The summed E-state index contributed by atoms with van der Waals surface area (Å²) in [6, 6.07) is 10.5. The van der Waals surface area contributed by atoms with Gasteiger partial charge in [0.25, 0.3) is 11.5 Å². The summed E-state index contributed by atoms with van der Waals surface area (Å²) in [6.45, 7) is 1.45. The van der Waals surface area contributed by atoms with E-state index in [-0.39, 0.29) is 29.8 Å². The molecule has 1 saturated carbocycles. The van der Waals surface area contributed by atoms with Gasteiger partial charge in [-0.2, -0.15) is 5.26 Å². The zero-order valence-corrected chi connectivity index (χ0v) is 19.4. The first-order chi connectivity index (χ1) is 17.6. The summed E-state index contributed by atoms with van der Waals surface area (Å²) < 4.78 is 36.9. The Morgan fingerprint density at radius 3 is 2.62 bits per heavy atom. The molecule has 12 heteroatoms. The van der Waals surface area contributed by atoms with E-state index in [9.17, 15) is 23.2 Å². The predicted octanol–water partition coefficient (Wildman–Crippen LogP) is 2.81. The topological polar surface area (TPSA) is 135 Å². The second kappa shape index (κ2) is 8.70. The maximum atomic E-state index is 13.4. The van der Waals surface area contributed by atoms with E-state index in [0.29, 0.717) is 29.7 Å². The van der Waals surface area contributed by atoms with Gasteiger partial charge in [-0.05, 0) is 55.2 Å². The molecule has 3 aromatic rings. The highest BCUT2D eigenvalue weighted by Gasteiger charge is 2.53. The van der Waals surface area contributed by atoms with Crippen molar-refractivity contribution in [3.63, 3.8) is 0 Å². The summed E-state index contributed by atoms with van der Waals surface area (Å²) in [5.74, 6) is -0.964. The van der Waals surface area contributed by atoms with Gasteiger partial charge in [0.15, 0.2) is 17.7 Å². The first-order valence-corrected chi connectivity index (χ1v) is 11.2. The number of alkyl halides is 2. The molecule has 10 nitrogen and oxygen atoms in total. The van der Waals surface area contributed by atoms with Crippen molar-refractivity contribution < 1.29 is 27.8 Å². The van der Waals surface area contributed by atoms with Gasteiger partial charge >= 0.3 is 6.29 Å². The van der Waals surface area contributed by atoms with Crippen molar-refractivity contribution in [2.75, 3.05) is 5.32 Å². The van der Waals surface area contributed by atoms with Crippen molar-refractivity contribution in [2.24, 2.45) is 0 Å². The van der Waals surface area contributed by atoms with Gasteiger partial charge in [-0.3, -0.25) is 19.7 Å². The minimum absolute atomic E-state index is 0.0961. The van der Waals surface area contributed by atoms with E-state index in [2.05, 4.69) is 19.8 Å². The fourth-order valence-corrected chi connectivity index (χ4v) is 4.20. The molecule has 5 rings (SSSR count). The molecule has 188 valence electrons. The van der Waals surface area contributed by atoms with Gasteiger partial charge in [0.05, 0.1) is 11.1 Å². The number of halogens is 2. The standard InChI is InChI=1S/C25H19F2N5O5/c1-14-2-6-19(30-22(14)15-3-7-21(34)32(11-15)12-20(33)29-13-28)31-23(35)24(8-9-24)16-4-5-17-18(10-16)37-25(26,27)36-17/h2-7,10-11H,8-9,12H2,1H3,(H,29,33)(H,30,31,35). The lowest BCUT2D eigenvalue weighted by atomic mass is 9.94. The van der Waals surface area contributed by atoms with Crippen molar-refractivity contribution in [1.29, 1.82) is 5.26 Å². The number of hydrogen-bond acceptors (Lipinski definition) is 7. The largest absolute Gasteiger partial charge is 0.586 e. The molecule has 3 heterocycles. The average Bonchev–Trinajstić information content (AvgIpc) is 3.59. The van der Waals surface area contributed by atoms with Gasteiger partial charge < -0.3 is 19.4 Å². The van der Waals surface area contributed by atoms with Crippen LogP contribution in [0.25, 0.3) is 11.3 Å². The maximum Gasteiger partial charge on any atom is 0.586 e. The monoisotopic (exact) mass is 507 g/mol. The number of nitrogens with one attached hydrogen (secondary N) is 2. The van der Waals surface area contributed by atoms with Gasteiger partial charge in [-0.1, -0.05) is 12.1 Å². The number of carbonyl (C=O) groups is 2. The summed E-state index contributed by atoms with van der Waals surface area (Å²) in [4.78, 5) is 41.7. The maximum absolute atomic E-state index is 13.4. The van der Waals surface area contributed by atoms with E-state index < -0.39 is 23.2 Å². The molecule has 0 atom stereocenters. The molecule has 2 amide bonds. The molecule has 2 N–H and O–H groups in total. The van der Waals surface area contributed by atoms with Crippen molar-refractivity contribution >= 4 is 17.6 Å². The average molecular weight is 507 g/mol. The second-order valence-electron chi connectivity index (χ2n) is 8.77. The Morgan fingerprint density at radius 2 is 1.89 bits per heavy atom. The molecular weight excluding hydrogens is 488 g/mol. The fraction of sp³-hybridized carbons (Fsp3) is 0.240. The molecule has 1 fully saturated rings. The third kappa shape index (κ3) is 4.58. The highest BCUT2D eigenvalue weighted by atomic mass is 19.3. The molecule has 0 unspecified atom stereocenters. The summed E-state index contributed by atoms with van der Waals surface area (Å²) >= 11 is 0. The molecular formula is C25H19F2N5O5. The van der Waals surface area contributed by atoms with Crippen LogP contribution in [0.3, 0.4) is 0 Å². The summed E-state index contributed by atoms with van der Waals surface area (Å²) in [7, 11) is 0. The van der Waals surface area contributed by atoms with Crippen LogP contribution < -0.4 is 25.7 Å². The first-order valence-electron chi connectivity index (χ1n) is 11.2. The first kappa shape index (κ1) is 23.9. The van der Waals surface area contributed by atoms with E-state index in [4.69, 9.17) is 5.26 Å². The molecule has 0 bridgehead atoms. The Morgan fingerprint density at radius 1 is 1.14 bits per heavy atom. The molecule has 0 radical (unpaired) electrons. The van der Waals surface area contributed by atoms with Crippen LogP contribution in [0.15, 0.2) is 53.5 Å². The van der Waals surface area contributed by atoms with Gasteiger partial charge in [0.2, 0.25) is 5.91 Å². The quantitative estimate of drug-likeness (QED) is 0.387. The van der Waals surface area contributed by atoms with E-state index in [1.807, 2.05) is 5.32 Å².